The lowest BCUT2D eigenvalue weighted by molar-refractivity contribution is -0.145. The Kier molecular flexibility index (Phi) is 6.25. The maximum Gasteiger partial charge on any atom is 0.242 e. The Bertz CT molecular complexity index is 229. The molecule has 1 unspecified atom stereocenters. The van der Waals surface area contributed by atoms with Crippen LogP contribution in [0.5, 0.6) is 0 Å². The summed E-state index contributed by atoms with van der Waals surface area (Å²) >= 11 is 0. The number of amides is 1. The first-order chi connectivity index (χ1) is 6.95. The van der Waals surface area contributed by atoms with E-state index in [2.05, 4.69) is 0 Å². The van der Waals surface area contributed by atoms with Crippen LogP contribution < -0.4 is 5.73 Å². The lowest BCUT2D eigenvalue weighted by Crippen LogP contribution is -2.56. The highest BCUT2D eigenvalue weighted by molar-refractivity contribution is 5.85. The molecule has 0 aromatic rings. The molecule has 1 saturated heterocycles. The maximum absolute atomic E-state index is 11.9. The van der Waals surface area contributed by atoms with Gasteiger partial charge >= 0.3 is 0 Å². The van der Waals surface area contributed by atoms with E-state index in [1.54, 1.807) is 25.9 Å². The number of hydrogen-bond acceptors (Lipinski definition) is 4. The summed E-state index contributed by atoms with van der Waals surface area (Å²) in [5.74, 6) is -0.0353. The molecule has 1 aliphatic rings. The van der Waals surface area contributed by atoms with E-state index < -0.39 is 5.54 Å². The first kappa shape index (κ1) is 15.6. The predicted octanol–water partition coefficient (Wildman–Crippen LogP) is 0.0193. The average Bonchev–Trinajstić information content (AvgIpc) is 2.16. The number of ether oxygens (including phenoxy) is 2. The molecule has 1 amide bonds. The fourth-order valence-corrected chi connectivity index (χ4v) is 1.60. The molecule has 1 heterocycles. The SMILES string of the molecule is COCC1CN(C(=O)C(C)(C)N)CCO1.Cl. The van der Waals surface area contributed by atoms with Crippen LogP contribution in [0.25, 0.3) is 0 Å². The Hall–Kier alpha value is -0.360. The number of nitrogens with zero attached hydrogens (tertiary/aromatic N) is 1. The van der Waals surface area contributed by atoms with Crippen molar-refractivity contribution in [1.29, 1.82) is 0 Å². The van der Waals surface area contributed by atoms with Crippen molar-refractivity contribution >= 4 is 18.3 Å². The van der Waals surface area contributed by atoms with Crippen molar-refractivity contribution in [2.24, 2.45) is 5.73 Å². The fourth-order valence-electron chi connectivity index (χ4n) is 1.60. The molecule has 1 atom stereocenters. The second kappa shape index (κ2) is 6.39. The van der Waals surface area contributed by atoms with E-state index in [9.17, 15) is 4.79 Å². The maximum atomic E-state index is 11.9. The van der Waals surface area contributed by atoms with Gasteiger partial charge in [-0.05, 0) is 13.8 Å². The van der Waals surface area contributed by atoms with Crippen LogP contribution in [0.1, 0.15) is 13.8 Å². The van der Waals surface area contributed by atoms with Gasteiger partial charge in [-0.15, -0.1) is 12.4 Å². The first-order valence-electron chi connectivity index (χ1n) is 5.14. The van der Waals surface area contributed by atoms with Crippen molar-refractivity contribution in [3.63, 3.8) is 0 Å². The number of nitrogens with two attached hydrogens (primary N) is 1. The summed E-state index contributed by atoms with van der Waals surface area (Å²) in [5.41, 5.74) is 4.96. The smallest absolute Gasteiger partial charge is 0.242 e. The summed E-state index contributed by atoms with van der Waals surface area (Å²) < 4.78 is 10.5. The molecule has 1 rings (SSSR count). The zero-order valence-electron chi connectivity index (χ0n) is 10.1. The largest absolute Gasteiger partial charge is 0.382 e. The van der Waals surface area contributed by atoms with Gasteiger partial charge in [0.1, 0.15) is 0 Å². The summed E-state index contributed by atoms with van der Waals surface area (Å²) in [5, 5.41) is 0. The van der Waals surface area contributed by atoms with Crippen LogP contribution in [0, 0.1) is 0 Å². The van der Waals surface area contributed by atoms with Crippen molar-refractivity contribution in [1.82, 2.24) is 4.90 Å². The Morgan fingerprint density at radius 1 is 1.62 bits per heavy atom. The van der Waals surface area contributed by atoms with Gasteiger partial charge in [-0.3, -0.25) is 4.79 Å². The van der Waals surface area contributed by atoms with Gasteiger partial charge in [0.05, 0.1) is 24.9 Å². The summed E-state index contributed by atoms with van der Waals surface area (Å²) in [6.07, 6.45) is -0.0324. The molecule has 0 saturated carbocycles. The van der Waals surface area contributed by atoms with E-state index in [0.717, 1.165) is 0 Å². The van der Waals surface area contributed by atoms with Crippen LogP contribution in [-0.4, -0.2) is 55.9 Å². The van der Waals surface area contributed by atoms with Gasteiger partial charge < -0.3 is 20.1 Å². The molecule has 1 aliphatic heterocycles. The summed E-state index contributed by atoms with van der Waals surface area (Å²) in [6.45, 7) is 5.67. The van der Waals surface area contributed by atoms with E-state index in [0.29, 0.717) is 26.3 Å². The van der Waals surface area contributed by atoms with Crippen LogP contribution >= 0.6 is 12.4 Å². The molecule has 96 valence electrons. The van der Waals surface area contributed by atoms with E-state index >= 15 is 0 Å². The molecule has 6 heteroatoms. The molecule has 0 aliphatic carbocycles. The van der Waals surface area contributed by atoms with Gasteiger partial charge in [-0.2, -0.15) is 0 Å². The first-order valence-corrected chi connectivity index (χ1v) is 5.14. The van der Waals surface area contributed by atoms with Gasteiger partial charge in [0.25, 0.3) is 0 Å². The Labute approximate surface area is 103 Å². The monoisotopic (exact) mass is 252 g/mol. The van der Waals surface area contributed by atoms with E-state index in [-0.39, 0.29) is 24.4 Å². The molecule has 0 radical (unpaired) electrons. The van der Waals surface area contributed by atoms with Gasteiger partial charge in [0, 0.05) is 20.2 Å². The number of halogens is 1. The lowest BCUT2D eigenvalue weighted by Gasteiger charge is -2.36. The van der Waals surface area contributed by atoms with Gasteiger partial charge in [0.2, 0.25) is 5.91 Å². The molecule has 0 spiro atoms. The van der Waals surface area contributed by atoms with Crippen molar-refractivity contribution in [2.45, 2.75) is 25.5 Å². The lowest BCUT2D eigenvalue weighted by atomic mass is 10.0. The number of morpholine rings is 1. The minimum atomic E-state index is -0.811. The second-order valence-electron chi connectivity index (χ2n) is 4.42. The number of carbonyl (C=O) groups excluding carboxylic acids is 1. The summed E-state index contributed by atoms with van der Waals surface area (Å²) in [4.78, 5) is 13.6. The predicted molar refractivity (Wildman–Crippen MR) is 63.7 cm³/mol. The van der Waals surface area contributed by atoms with Crippen LogP contribution in [-0.2, 0) is 14.3 Å². The second-order valence-corrected chi connectivity index (χ2v) is 4.42. The van der Waals surface area contributed by atoms with Crippen molar-refractivity contribution in [3.05, 3.63) is 0 Å². The minimum Gasteiger partial charge on any atom is -0.382 e. The third-order valence-corrected chi connectivity index (χ3v) is 2.33. The van der Waals surface area contributed by atoms with Crippen molar-refractivity contribution in [3.8, 4) is 0 Å². The highest BCUT2D eigenvalue weighted by Gasteiger charge is 2.31. The number of carbonyl (C=O) groups is 1. The van der Waals surface area contributed by atoms with Gasteiger partial charge in [-0.25, -0.2) is 0 Å². The Morgan fingerprint density at radius 2 is 2.25 bits per heavy atom. The van der Waals surface area contributed by atoms with Crippen LogP contribution in [0.2, 0.25) is 0 Å². The zero-order valence-corrected chi connectivity index (χ0v) is 10.9. The molecule has 2 N–H and O–H groups in total. The Morgan fingerprint density at radius 3 is 2.75 bits per heavy atom. The van der Waals surface area contributed by atoms with E-state index in [4.69, 9.17) is 15.2 Å². The van der Waals surface area contributed by atoms with Crippen LogP contribution in [0.15, 0.2) is 0 Å². The summed E-state index contributed by atoms with van der Waals surface area (Å²) in [6, 6.07) is 0. The summed E-state index contributed by atoms with van der Waals surface area (Å²) in [7, 11) is 1.62. The third-order valence-electron chi connectivity index (χ3n) is 2.33. The van der Waals surface area contributed by atoms with E-state index in [1.165, 1.54) is 0 Å². The van der Waals surface area contributed by atoms with Crippen LogP contribution in [0.3, 0.4) is 0 Å². The molecular weight excluding hydrogens is 232 g/mol. The fraction of sp³-hybridized carbons (Fsp3) is 0.900. The van der Waals surface area contributed by atoms with Crippen molar-refractivity contribution < 1.29 is 14.3 Å². The molecule has 1 fully saturated rings. The van der Waals surface area contributed by atoms with Crippen molar-refractivity contribution in [2.75, 3.05) is 33.4 Å². The minimum absolute atomic E-state index is 0. The standard InChI is InChI=1S/C10H20N2O3.ClH/c1-10(2,11)9(13)12-4-5-15-8(6-12)7-14-3;/h8H,4-7,11H2,1-3H3;1H. The molecule has 0 aromatic heterocycles. The number of hydrogen-bond donors (Lipinski definition) is 1. The molecule has 0 bridgehead atoms. The van der Waals surface area contributed by atoms with E-state index in [1.807, 2.05) is 0 Å². The number of rotatable bonds is 3. The number of methoxy groups -OCH3 is 1. The average molecular weight is 253 g/mol. The topological polar surface area (TPSA) is 64.8 Å². The van der Waals surface area contributed by atoms with Gasteiger partial charge in [-0.1, -0.05) is 0 Å². The highest BCUT2D eigenvalue weighted by Crippen LogP contribution is 2.10. The normalized spacial score (nSPS) is 21.5. The Balaban J connectivity index is 0.00000225. The molecule has 16 heavy (non-hydrogen) atoms. The highest BCUT2D eigenvalue weighted by atomic mass is 35.5. The zero-order chi connectivity index (χ0) is 11.5. The molecule has 0 aromatic carbocycles. The molecular formula is C10H21ClN2O3. The third kappa shape index (κ3) is 4.25. The quantitative estimate of drug-likeness (QED) is 0.769. The van der Waals surface area contributed by atoms with Crippen LogP contribution in [0.4, 0.5) is 0 Å². The van der Waals surface area contributed by atoms with Gasteiger partial charge in [0.15, 0.2) is 0 Å². The molecule has 5 nitrogen and oxygen atoms in total.